The van der Waals surface area contributed by atoms with Gasteiger partial charge in [-0.25, -0.2) is 0 Å². The van der Waals surface area contributed by atoms with Crippen LogP contribution in [0.3, 0.4) is 0 Å². The van der Waals surface area contributed by atoms with Crippen molar-refractivity contribution in [2.24, 2.45) is 5.73 Å². The maximum Gasteiger partial charge on any atom is 0.265 e. The Morgan fingerprint density at radius 2 is 2.31 bits per heavy atom. The van der Waals surface area contributed by atoms with Gasteiger partial charge >= 0.3 is 0 Å². The number of aryl methyl sites for hydroxylation is 1. The molecule has 1 atom stereocenters. The minimum Gasteiger partial charge on any atom is -0.328 e. The Bertz CT molecular complexity index is 359. The van der Waals surface area contributed by atoms with Crippen molar-refractivity contribution in [1.29, 1.82) is 0 Å². The predicted molar refractivity (Wildman–Crippen MR) is 56.9 cm³/mol. The van der Waals surface area contributed by atoms with Crippen molar-refractivity contribution in [2.75, 3.05) is 6.54 Å². The van der Waals surface area contributed by atoms with Crippen LogP contribution in [0.25, 0.3) is 0 Å². The van der Waals surface area contributed by atoms with Crippen molar-refractivity contribution >= 4 is 15.9 Å². The highest BCUT2D eigenvalue weighted by Crippen LogP contribution is 2.09. The molecule has 0 aliphatic carbocycles. The van der Waals surface area contributed by atoms with Crippen LogP contribution >= 0.6 is 15.9 Å². The first-order valence-corrected chi connectivity index (χ1v) is 4.94. The number of hydrogen-bond acceptors (Lipinski definition) is 2. The van der Waals surface area contributed by atoms with Crippen molar-refractivity contribution in [3.63, 3.8) is 0 Å². The monoisotopic (exact) mass is 244 g/mol. The lowest BCUT2D eigenvalue weighted by atomic mass is 10.2. The molecule has 0 saturated carbocycles. The van der Waals surface area contributed by atoms with Gasteiger partial charge < -0.3 is 10.3 Å². The summed E-state index contributed by atoms with van der Waals surface area (Å²) in [6.07, 6.45) is 1.82. The fourth-order valence-corrected chi connectivity index (χ4v) is 1.71. The zero-order chi connectivity index (χ0) is 10.0. The largest absolute Gasteiger partial charge is 0.328 e. The molecule has 0 aromatic carbocycles. The summed E-state index contributed by atoms with van der Waals surface area (Å²) in [6, 6.07) is 1.85. The SMILES string of the molecule is Cc1cc(Br)c(=O)n(C(C)CN)c1. The molecule has 2 N–H and O–H groups in total. The predicted octanol–water partition coefficient (Wildman–Crippen LogP) is 1.44. The lowest BCUT2D eigenvalue weighted by Crippen LogP contribution is -2.28. The molecule has 1 rings (SSSR count). The Balaban J connectivity index is 3.28. The summed E-state index contributed by atoms with van der Waals surface area (Å²) in [5, 5.41) is 0. The number of halogens is 1. The summed E-state index contributed by atoms with van der Waals surface area (Å²) in [4.78, 5) is 11.6. The average molecular weight is 245 g/mol. The first kappa shape index (κ1) is 10.5. The summed E-state index contributed by atoms with van der Waals surface area (Å²) in [5.41, 5.74) is 6.52. The fraction of sp³-hybridized carbons (Fsp3) is 0.444. The molecule has 3 nitrogen and oxygen atoms in total. The molecule has 0 aliphatic rings. The molecule has 4 heteroatoms. The Labute approximate surface area is 85.7 Å². The second-order valence-corrected chi connectivity index (χ2v) is 4.02. The lowest BCUT2D eigenvalue weighted by molar-refractivity contribution is 0.537. The van der Waals surface area contributed by atoms with Crippen LogP contribution in [0.4, 0.5) is 0 Å². The molecule has 0 spiro atoms. The normalized spacial score (nSPS) is 12.9. The zero-order valence-electron chi connectivity index (χ0n) is 7.75. The van der Waals surface area contributed by atoms with Crippen LogP contribution in [0.2, 0.25) is 0 Å². The van der Waals surface area contributed by atoms with Gasteiger partial charge in [-0.3, -0.25) is 4.79 Å². The van der Waals surface area contributed by atoms with Crippen LogP contribution < -0.4 is 11.3 Å². The summed E-state index contributed by atoms with van der Waals surface area (Å²) < 4.78 is 2.24. The van der Waals surface area contributed by atoms with Crippen molar-refractivity contribution in [2.45, 2.75) is 19.9 Å². The number of rotatable bonds is 2. The van der Waals surface area contributed by atoms with E-state index in [1.165, 1.54) is 0 Å². The van der Waals surface area contributed by atoms with E-state index >= 15 is 0 Å². The van der Waals surface area contributed by atoms with Gasteiger partial charge in [-0.15, -0.1) is 0 Å². The van der Waals surface area contributed by atoms with E-state index in [1.54, 1.807) is 4.57 Å². The van der Waals surface area contributed by atoms with E-state index in [1.807, 2.05) is 26.1 Å². The van der Waals surface area contributed by atoms with Crippen molar-refractivity contribution in [1.82, 2.24) is 4.57 Å². The van der Waals surface area contributed by atoms with Gasteiger partial charge in [0.15, 0.2) is 0 Å². The average Bonchev–Trinajstić information content (AvgIpc) is 2.10. The van der Waals surface area contributed by atoms with Crippen LogP contribution in [0, 0.1) is 6.92 Å². The van der Waals surface area contributed by atoms with E-state index in [0.29, 0.717) is 11.0 Å². The van der Waals surface area contributed by atoms with Crippen molar-refractivity contribution in [3.05, 3.63) is 32.7 Å². The molecule has 0 bridgehead atoms. The van der Waals surface area contributed by atoms with E-state index in [0.717, 1.165) is 5.56 Å². The second-order valence-electron chi connectivity index (χ2n) is 3.16. The Morgan fingerprint density at radius 3 is 2.85 bits per heavy atom. The number of aromatic nitrogens is 1. The Morgan fingerprint density at radius 1 is 1.69 bits per heavy atom. The number of pyridine rings is 1. The van der Waals surface area contributed by atoms with E-state index < -0.39 is 0 Å². The highest BCUT2D eigenvalue weighted by molar-refractivity contribution is 9.10. The van der Waals surface area contributed by atoms with Gasteiger partial charge in [0.2, 0.25) is 0 Å². The topological polar surface area (TPSA) is 48.0 Å². The first-order valence-electron chi connectivity index (χ1n) is 4.14. The summed E-state index contributed by atoms with van der Waals surface area (Å²) in [7, 11) is 0. The third-order valence-electron chi connectivity index (χ3n) is 1.95. The lowest BCUT2D eigenvalue weighted by Gasteiger charge is -2.13. The highest BCUT2D eigenvalue weighted by Gasteiger charge is 2.07. The van der Waals surface area contributed by atoms with Gasteiger partial charge in [-0.1, -0.05) is 0 Å². The second kappa shape index (κ2) is 4.07. The van der Waals surface area contributed by atoms with Gasteiger partial charge in [0.1, 0.15) is 0 Å². The molecule has 0 saturated heterocycles. The van der Waals surface area contributed by atoms with E-state index in [2.05, 4.69) is 15.9 Å². The van der Waals surface area contributed by atoms with E-state index in [9.17, 15) is 4.79 Å². The third-order valence-corrected chi connectivity index (χ3v) is 2.52. The van der Waals surface area contributed by atoms with E-state index in [-0.39, 0.29) is 11.6 Å². The molecule has 1 heterocycles. The van der Waals surface area contributed by atoms with Crippen LogP contribution in [0.5, 0.6) is 0 Å². The smallest absolute Gasteiger partial charge is 0.265 e. The Kier molecular flexibility index (Phi) is 3.27. The third kappa shape index (κ3) is 2.19. The van der Waals surface area contributed by atoms with Crippen molar-refractivity contribution in [3.8, 4) is 0 Å². The molecule has 0 radical (unpaired) electrons. The molecular weight excluding hydrogens is 232 g/mol. The molecule has 0 fully saturated rings. The quantitative estimate of drug-likeness (QED) is 0.856. The zero-order valence-corrected chi connectivity index (χ0v) is 9.34. The molecule has 72 valence electrons. The summed E-state index contributed by atoms with van der Waals surface area (Å²) in [6.45, 7) is 4.34. The molecule has 13 heavy (non-hydrogen) atoms. The van der Waals surface area contributed by atoms with Crippen LogP contribution in [-0.4, -0.2) is 11.1 Å². The maximum absolute atomic E-state index is 11.6. The molecule has 1 aromatic rings. The summed E-state index contributed by atoms with van der Waals surface area (Å²) in [5.74, 6) is 0. The number of nitrogens with two attached hydrogens (primary N) is 1. The fourth-order valence-electron chi connectivity index (χ4n) is 1.14. The summed E-state index contributed by atoms with van der Waals surface area (Å²) >= 11 is 3.22. The highest BCUT2D eigenvalue weighted by atomic mass is 79.9. The minimum atomic E-state index is -0.0245. The van der Waals surface area contributed by atoms with Crippen LogP contribution in [0.1, 0.15) is 18.5 Å². The van der Waals surface area contributed by atoms with E-state index in [4.69, 9.17) is 5.73 Å². The molecule has 0 aliphatic heterocycles. The van der Waals surface area contributed by atoms with Gasteiger partial charge in [0, 0.05) is 18.8 Å². The first-order chi connectivity index (χ1) is 6.06. The number of hydrogen-bond donors (Lipinski definition) is 1. The van der Waals surface area contributed by atoms with Gasteiger partial charge in [0.25, 0.3) is 5.56 Å². The molecule has 1 unspecified atom stereocenters. The minimum absolute atomic E-state index is 0.0245. The molecule has 0 amide bonds. The van der Waals surface area contributed by atoms with Gasteiger partial charge in [-0.05, 0) is 41.4 Å². The van der Waals surface area contributed by atoms with Gasteiger partial charge in [0.05, 0.1) is 4.47 Å². The van der Waals surface area contributed by atoms with Gasteiger partial charge in [-0.2, -0.15) is 0 Å². The maximum atomic E-state index is 11.6. The van der Waals surface area contributed by atoms with Crippen molar-refractivity contribution < 1.29 is 0 Å². The van der Waals surface area contributed by atoms with Crippen LogP contribution in [-0.2, 0) is 0 Å². The number of nitrogens with zero attached hydrogens (tertiary/aromatic N) is 1. The standard InChI is InChI=1S/C9H13BrN2O/c1-6-3-8(10)9(13)12(5-6)7(2)4-11/h3,5,7H,4,11H2,1-2H3. The molecule has 1 aromatic heterocycles. The Hall–Kier alpha value is -0.610. The molecular formula is C9H13BrN2O. The van der Waals surface area contributed by atoms with Crippen LogP contribution in [0.15, 0.2) is 21.5 Å².